The van der Waals surface area contributed by atoms with E-state index in [1.165, 1.54) is 6.08 Å². The SMILES string of the molecule is [K+].[K+].[O-]B([O-])C=Cc1ccccc1. The molecular formula is C8H7BK2O2. The van der Waals surface area contributed by atoms with Crippen molar-refractivity contribution in [2.45, 2.75) is 0 Å². The summed E-state index contributed by atoms with van der Waals surface area (Å²) < 4.78 is 0. The molecule has 56 valence electrons. The molecule has 0 amide bonds. The molecule has 0 bridgehead atoms. The largest absolute Gasteiger partial charge is 1.00 e. The van der Waals surface area contributed by atoms with Crippen LogP contribution in [0.5, 0.6) is 0 Å². The van der Waals surface area contributed by atoms with Crippen molar-refractivity contribution < 1.29 is 113 Å². The molecule has 2 nitrogen and oxygen atoms in total. The molecule has 0 spiro atoms. The first-order valence-electron chi connectivity index (χ1n) is 3.34. The fraction of sp³-hybridized carbons (Fsp3) is 0. The Labute approximate surface area is 164 Å². The second kappa shape index (κ2) is 10.7. The van der Waals surface area contributed by atoms with Crippen LogP contribution in [0.4, 0.5) is 0 Å². The molecule has 0 saturated heterocycles. The molecule has 0 fully saturated rings. The zero-order valence-electron chi connectivity index (χ0n) is 7.94. The van der Waals surface area contributed by atoms with Gasteiger partial charge in [-0.2, -0.15) is 5.98 Å². The van der Waals surface area contributed by atoms with Gasteiger partial charge in [-0.1, -0.05) is 43.5 Å². The Hall–Kier alpha value is 2.22. The van der Waals surface area contributed by atoms with Gasteiger partial charge in [0.2, 0.25) is 0 Å². The Morgan fingerprint density at radius 3 is 2.00 bits per heavy atom. The van der Waals surface area contributed by atoms with Crippen molar-refractivity contribution in [1.82, 2.24) is 0 Å². The molecule has 0 atom stereocenters. The third-order valence-electron chi connectivity index (χ3n) is 1.25. The van der Waals surface area contributed by atoms with Crippen LogP contribution in [-0.4, -0.2) is 7.12 Å². The minimum atomic E-state index is -1.87. The third kappa shape index (κ3) is 9.16. The van der Waals surface area contributed by atoms with Crippen molar-refractivity contribution in [2.75, 3.05) is 0 Å². The molecular weight excluding hydrogens is 217 g/mol. The Morgan fingerprint density at radius 2 is 1.54 bits per heavy atom. The van der Waals surface area contributed by atoms with E-state index < -0.39 is 7.12 Å². The summed E-state index contributed by atoms with van der Waals surface area (Å²) in [5.41, 5.74) is 0.879. The van der Waals surface area contributed by atoms with Gasteiger partial charge < -0.3 is 10.0 Å². The van der Waals surface area contributed by atoms with Crippen molar-refractivity contribution >= 4 is 13.2 Å². The summed E-state index contributed by atoms with van der Waals surface area (Å²) in [6, 6.07) is 9.25. The molecule has 0 N–H and O–H groups in total. The van der Waals surface area contributed by atoms with Gasteiger partial charge in [0.1, 0.15) is 0 Å². The fourth-order valence-corrected chi connectivity index (χ4v) is 0.754. The average molecular weight is 224 g/mol. The topological polar surface area (TPSA) is 46.1 Å². The predicted molar refractivity (Wildman–Crippen MR) is 41.2 cm³/mol. The quantitative estimate of drug-likeness (QED) is 0.469. The van der Waals surface area contributed by atoms with E-state index in [1.54, 1.807) is 0 Å². The molecule has 0 radical (unpaired) electrons. The number of benzene rings is 1. The first-order chi connectivity index (χ1) is 5.29. The first-order valence-corrected chi connectivity index (χ1v) is 3.34. The molecule has 0 aromatic heterocycles. The second-order valence-corrected chi connectivity index (χ2v) is 2.14. The van der Waals surface area contributed by atoms with E-state index in [9.17, 15) is 10.0 Å². The molecule has 1 rings (SSSR count). The minimum Gasteiger partial charge on any atom is -0.890 e. The smallest absolute Gasteiger partial charge is 0.890 e. The Balaban J connectivity index is 0. The molecule has 0 aliphatic carbocycles. The van der Waals surface area contributed by atoms with E-state index in [4.69, 9.17) is 0 Å². The number of hydrogen-bond donors (Lipinski definition) is 0. The van der Waals surface area contributed by atoms with Gasteiger partial charge in [-0.3, -0.25) is 0 Å². The van der Waals surface area contributed by atoms with E-state index in [0.717, 1.165) is 11.5 Å². The molecule has 13 heavy (non-hydrogen) atoms. The van der Waals surface area contributed by atoms with E-state index in [-0.39, 0.29) is 103 Å². The summed E-state index contributed by atoms with van der Waals surface area (Å²) in [4.78, 5) is 0. The standard InChI is InChI=1S/C8H7BO2.2K/c10-9(11)7-6-8-4-2-1-3-5-8;;/h1-7H;;/q-2;2*+1. The van der Waals surface area contributed by atoms with Gasteiger partial charge in [0, 0.05) is 0 Å². The normalized spacial score (nSPS) is 8.77. The van der Waals surface area contributed by atoms with E-state index in [0.29, 0.717) is 0 Å². The Bertz CT molecular complexity index is 239. The summed E-state index contributed by atoms with van der Waals surface area (Å²) >= 11 is 0. The molecule has 0 heterocycles. The van der Waals surface area contributed by atoms with Gasteiger partial charge in [-0.25, -0.2) is 0 Å². The van der Waals surface area contributed by atoms with Gasteiger partial charge in [0.25, 0.3) is 0 Å². The summed E-state index contributed by atoms with van der Waals surface area (Å²) in [5, 5.41) is 20.1. The van der Waals surface area contributed by atoms with E-state index in [1.807, 2.05) is 30.3 Å². The van der Waals surface area contributed by atoms with Crippen LogP contribution < -0.4 is 113 Å². The first kappa shape index (κ1) is 17.6. The van der Waals surface area contributed by atoms with Crippen LogP contribution in [0.25, 0.3) is 6.08 Å². The Morgan fingerprint density at radius 1 is 1.00 bits per heavy atom. The maximum atomic E-state index is 10.1. The average Bonchev–Trinajstić information content (AvgIpc) is 2.03. The van der Waals surface area contributed by atoms with Crippen molar-refractivity contribution in [1.29, 1.82) is 0 Å². The van der Waals surface area contributed by atoms with Gasteiger partial charge in [0.15, 0.2) is 0 Å². The third-order valence-corrected chi connectivity index (χ3v) is 1.25. The molecule has 0 aliphatic rings. The molecule has 1 aromatic carbocycles. The molecule has 0 aliphatic heterocycles. The summed E-state index contributed by atoms with van der Waals surface area (Å²) in [5.74, 6) is 1.09. The number of rotatable bonds is 2. The Kier molecular flexibility index (Phi) is 14.5. The van der Waals surface area contributed by atoms with Crippen LogP contribution in [-0.2, 0) is 0 Å². The molecule has 0 unspecified atom stereocenters. The van der Waals surface area contributed by atoms with Crippen molar-refractivity contribution in [3.63, 3.8) is 0 Å². The fourth-order valence-electron chi connectivity index (χ4n) is 0.754. The zero-order valence-corrected chi connectivity index (χ0v) is 14.2. The van der Waals surface area contributed by atoms with Crippen molar-refractivity contribution in [3.8, 4) is 0 Å². The molecule has 1 aromatic rings. The summed E-state index contributed by atoms with van der Waals surface area (Å²) in [6.45, 7) is 0. The van der Waals surface area contributed by atoms with Crippen LogP contribution in [0.15, 0.2) is 36.3 Å². The minimum absolute atomic E-state index is 0. The summed E-state index contributed by atoms with van der Waals surface area (Å²) in [6.07, 6.45) is 1.53. The molecule has 5 heteroatoms. The van der Waals surface area contributed by atoms with Gasteiger partial charge in [-0.05, 0) is 5.56 Å². The van der Waals surface area contributed by atoms with Crippen LogP contribution in [0, 0.1) is 0 Å². The van der Waals surface area contributed by atoms with Crippen LogP contribution >= 0.6 is 0 Å². The number of hydrogen-bond acceptors (Lipinski definition) is 2. The molecule has 0 saturated carbocycles. The maximum Gasteiger partial charge on any atom is 1.00 e. The van der Waals surface area contributed by atoms with Crippen molar-refractivity contribution in [2.24, 2.45) is 0 Å². The van der Waals surface area contributed by atoms with Gasteiger partial charge >= 0.3 is 103 Å². The zero-order chi connectivity index (χ0) is 8.10. The van der Waals surface area contributed by atoms with Crippen LogP contribution in [0.1, 0.15) is 5.56 Å². The monoisotopic (exact) mass is 224 g/mol. The van der Waals surface area contributed by atoms with E-state index >= 15 is 0 Å². The predicted octanol–water partition coefficient (Wildman–Crippen LogP) is -6.54. The van der Waals surface area contributed by atoms with Gasteiger partial charge in [-0.15, -0.1) is 0 Å². The van der Waals surface area contributed by atoms with Crippen LogP contribution in [0.2, 0.25) is 0 Å². The summed E-state index contributed by atoms with van der Waals surface area (Å²) in [7, 11) is -1.87. The van der Waals surface area contributed by atoms with Crippen LogP contribution in [0.3, 0.4) is 0 Å². The second-order valence-electron chi connectivity index (χ2n) is 2.14. The van der Waals surface area contributed by atoms with Crippen molar-refractivity contribution in [3.05, 3.63) is 41.9 Å². The van der Waals surface area contributed by atoms with E-state index in [2.05, 4.69) is 0 Å². The van der Waals surface area contributed by atoms with Gasteiger partial charge in [0.05, 0.1) is 0 Å². The maximum absolute atomic E-state index is 10.1.